The lowest BCUT2D eigenvalue weighted by molar-refractivity contribution is 0.480. The van der Waals surface area contributed by atoms with E-state index in [-0.39, 0.29) is 16.6 Å². The van der Waals surface area contributed by atoms with E-state index in [1.807, 2.05) is 18.2 Å². The van der Waals surface area contributed by atoms with E-state index in [1.165, 1.54) is 16.7 Å². The molecule has 0 fully saturated rings. The van der Waals surface area contributed by atoms with Gasteiger partial charge in [0.1, 0.15) is 24.6 Å². The Hall–Kier alpha value is -3.42. The maximum atomic E-state index is 11.5. The van der Waals surface area contributed by atoms with Gasteiger partial charge in [0.25, 0.3) is 10.1 Å². The molecule has 4 rings (SSSR count). The largest absolute Gasteiger partial charge is 0.456 e. The zero-order chi connectivity index (χ0) is 33.0. The van der Waals surface area contributed by atoms with E-state index in [9.17, 15) is 13.0 Å². The van der Waals surface area contributed by atoms with E-state index >= 15 is 0 Å². The first-order chi connectivity index (χ1) is 21.2. The Labute approximate surface area is 270 Å². The van der Waals surface area contributed by atoms with Gasteiger partial charge in [-0.2, -0.15) is 8.42 Å². The average molecular weight is 632 g/mol. The highest BCUT2D eigenvalue weighted by Crippen LogP contribution is 2.50. The molecule has 0 saturated heterocycles. The molecular formula is C38H51N2O4S+. The Balaban J connectivity index is 1.71. The van der Waals surface area contributed by atoms with E-state index in [1.54, 1.807) is 0 Å². The summed E-state index contributed by atoms with van der Waals surface area (Å²) in [6.07, 6.45) is 12.6. The van der Waals surface area contributed by atoms with Crippen LogP contribution in [0.25, 0.3) is 17.4 Å². The molecule has 1 atom stereocenters. The van der Waals surface area contributed by atoms with E-state index in [0.29, 0.717) is 13.0 Å². The first-order valence-corrected chi connectivity index (χ1v) is 17.9. The normalized spacial score (nSPS) is 18.2. The van der Waals surface area contributed by atoms with Crippen LogP contribution in [0, 0.1) is 6.92 Å². The molecule has 0 spiro atoms. The van der Waals surface area contributed by atoms with Crippen LogP contribution in [0.15, 0.2) is 76.9 Å². The van der Waals surface area contributed by atoms with Crippen LogP contribution >= 0.6 is 0 Å². The molecule has 1 aromatic carbocycles. The molecule has 6 nitrogen and oxygen atoms in total. The summed E-state index contributed by atoms with van der Waals surface area (Å²) in [5.41, 5.74) is 6.83. The molecule has 0 bridgehead atoms. The minimum atomic E-state index is -4.02. The van der Waals surface area contributed by atoms with Crippen molar-refractivity contribution in [3.05, 3.63) is 100 Å². The second kappa shape index (κ2) is 13.9. The molecule has 1 N–H and O–H groups in total. The topological polar surface area (TPSA) is 73.8 Å². The van der Waals surface area contributed by atoms with Gasteiger partial charge in [-0.1, -0.05) is 70.0 Å². The number of benzene rings is 2. The molecule has 1 aliphatic carbocycles. The number of aryl methyl sites for hydroxylation is 1. The van der Waals surface area contributed by atoms with Gasteiger partial charge in [-0.15, -0.1) is 0 Å². The third-order valence-corrected chi connectivity index (χ3v) is 9.68. The standard InChI is InChI=1S/C38H50N2O4S/c1-9-22-38(8)33-25-28(4)18-21-34(33)40(23-15-24-45(41,42)43)36(38)17-14-12-13-16-30-27-32(37(5,6)7)31-20-19-29(26-35(31)44-30)39(10-2)11-3/h12-14,16-21,25-27H,9-11,15,22-24H2,1-8H3/p+1. The number of fused-ring (bicyclic) bond motifs is 2. The van der Waals surface area contributed by atoms with Crippen LogP contribution < -0.4 is 14.8 Å². The fourth-order valence-electron chi connectivity index (χ4n) is 6.62. The van der Waals surface area contributed by atoms with Gasteiger partial charge in [-0.25, -0.2) is 4.58 Å². The molecule has 3 aliphatic rings. The summed E-state index contributed by atoms with van der Waals surface area (Å²) in [7, 11) is -4.02. The van der Waals surface area contributed by atoms with Crippen LogP contribution in [-0.4, -0.2) is 38.4 Å². The van der Waals surface area contributed by atoms with Gasteiger partial charge in [0.2, 0.25) is 5.36 Å². The van der Waals surface area contributed by atoms with Crippen molar-refractivity contribution in [2.45, 2.75) is 85.5 Å². The van der Waals surface area contributed by atoms with Gasteiger partial charge >= 0.3 is 0 Å². The second-order valence-corrected chi connectivity index (χ2v) is 14.9. The summed E-state index contributed by atoms with van der Waals surface area (Å²) in [6, 6.07) is 15.2. The molecule has 7 heteroatoms. The van der Waals surface area contributed by atoms with E-state index in [2.05, 4.69) is 119 Å². The van der Waals surface area contributed by atoms with Crippen molar-refractivity contribution in [1.29, 1.82) is 0 Å². The Kier molecular flexibility index (Phi) is 10.7. The monoisotopic (exact) mass is 631 g/mol. The van der Waals surface area contributed by atoms with Crippen LogP contribution in [0.4, 0.5) is 5.69 Å². The predicted octanol–water partition coefficient (Wildman–Crippen LogP) is 8.11. The first kappa shape index (κ1) is 34.5. The summed E-state index contributed by atoms with van der Waals surface area (Å²) in [5, 5.41) is 1.16. The van der Waals surface area contributed by atoms with Gasteiger partial charge in [-0.05, 0) is 87.4 Å². The zero-order valence-electron chi connectivity index (χ0n) is 28.4. The number of rotatable bonds is 11. The molecule has 2 heterocycles. The molecule has 1 aromatic rings. The maximum absolute atomic E-state index is 11.5. The van der Waals surface area contributed by atoms with Crippen molar-refractivity contribution in [2.24, 2.45) is 0 Å². The molecular weight excluding hydrogens is 580 g/mol. The molecule has 242 valence electrons. The molecule has 45 heavy (non-hydrogen) atoms. The minimum Gasteiger partial charge on any atom is -0.456 e. The number of allylic oxidation sites excluding steroid dienone is 5. The maximum Gasteiger partial charge on any atom is 0.264 e. The fraction of sp³-hybridized carbons (Fsp3) is 0.447. The average Bonchev–Trinajstić information content (AvgIpc) is 3.18. The van der Waals surface area contributed by atoms with E-state index in [0.717, 1.165) is 59.8 Å². The lowest BCUT2D eigenvalue weighted by Crippen LogP contribution is -2.30. The van der Waals surface area contributed by atoms with E-state index < -0.39 is 10.1 Å². The third-order valence-electron chi connectivity index (χ3n) is 8.87. The Morgan fingerprint density at radius 1 is 1.00 bits per heavy atom. The molecule has 0 aromatic heterocycles. The van der Waals surface area contributed by atoms with Crippen molar-refractivity contribution >= 4 is 21.9 Å². The lowest BCUT2D eigenvalue weighted by atomic mass is 9.77. The van der Waals surface area contributed by atoms with Crippen molar-refractivity contribution in [2.75, 3.05) is 30.3 Å². The molecule has 0 radical (unpaired) electrons. The molecule has 1 unspecified atom stereocenters. The fourth-order valence-corrected chi connectivity index (χ4v) is 7.11. The van der Waals surface area contributed by atoms with Crippen molar-refractivity contribution in [3.63, 3.8) is 0 Å². The minimum absolute atomic E-state index is 0.0486. The Morgan fingerprint density at radius 3 is 2.38 bits per heavy atom. The summed E-state index contributed by atoms with van der Waals surface area (Å²) in [5.74, 6) is 1.42. The highest BCUT2D eigenvalue weighted by molar-refractivity contribution is 7.85. The van der Waals surface area contributed by atoms with Crippen LogP contribution in [-0.2, 0) is 20.9 Å². The van der Waals surface area contributed by atoms with Gasteiger partial charge in [-0.3, -0.25) is 4.55 Å². The second-order valence-electron chi connectivity index (χ2n) is 13.4. The van der Waals surface area contributed by atoms with Crippen molar-refractivity contribution in [1.82, 2.24) is 4.58 Å². The van der Waals surface area contributed by atoms with Gasteiger partial charge in [0.05, 0.1) is 11.8 Å². The molecule has 0 amide bonds. The Morgan fingerprint density at radius 2 is 1.73 bits per heavy atom. The van der Waals surface area contributed by atoms with Crippen LogP contribution in [0.3, 0.4) is 0 Å². The van der Waals surface area contributed by atoms with Crippen molar-refractivity contribution in [3.8, 4) is 11.3 Å². The van der Waals surface area contributed by atoms with Gasteiger partial charge in [0, 0.05) is 35.0 Å². The van der Waals surface area contributed by atoms with Gasteiger partial charge in [0.15, 0.2) is 0 Å². The quantitative estimate of drug-likeness (QED) is 0.132. The predicted molar refractivity (Wildman–Crippen MR) is 188 cm³/mol. The van der Waals surface area contributed by atoms with Crippen molar-refractivity contribution < 1.29 is 17.4 Å². The lowest BCUT2D eigenvalue weighted by Gasteiger charge is -2.30. The number of nitrogens with zero attached hydrogens (tertiary/aromatic N) is 2. The Bertz CT molecular complexity index is 1750. The smallest absolute Gasteiger partial charge is 0.264 e. The summed E-state index contributed by atoms with van der Waals surface area (Å²) >= 11 is 0. The third kappa shape index (κ3) is 7.87. The number of anilines is 1. The number of hydrogen-bond donors (Lipinski definition) is 1. The van der Waals surface area contributed by atoms with Crippen LogP contribution in [0.1, 0.15) is 90.2 Å². The molecule has 2 aliphatic heterocycles. The number of hydrogen-bond acceptors (Lipinski definition) is 4. The summed E-state index contributed by atoms with van der Waals surface area (Å²) < 4.78 is 41.1. The summed E-state index contributed by atoms with van der Waals surface area (Å²) in [4.78, 5) is 2.23. The first-order valence-electron chi connectivity index (χ1n) is 16.3. The van der Waals surface area contributed by atoms with Crippen LogP contribution in [0.5, 0.6) is 0 Å². The van der Waals surface area contributed by atoms with Crippen LogP contribution in [0.2, 0.25) is 0 Å². The van der Waals surface area contributed by atoms with E-state index in [4.69, 9.17) is 4.42 Å². The molecule has 0 saturated carbocycles. The zero-order valence-corrected chi connectivity index (χ0v) is 29.2. The SMILES string of the molecule is CCCC1(C)/C(=C/C=C/C=C/c2cc(C(C)(C)C)c3ccc(=[N+](CC)CC)cc-3o2)N(CCCS(=O)(=O)O)c2ccc(C)cc21. The highest BCUT2D eigenvalue weighted by Gasteiger charge is 2.42. The highest BCUT2D eigenvalue weighted by atomic mass is 32.2. The summed E-state index contributed by atoms with van der Waals surface area (Å²) in [6.45, 7) is 20.0. The van der Waals surface area contributed by atoms with Gasteiger partial charge < -0.3 is 9.32 Å².